The molecule has 4 heteroatoms. The molecule has 0 atom stereocenters. The first kappa shape index (κ1) is 11.2. The molecule has 3 rings (SSSR count). The van der Waals surface area contributed by atoms with Crippen molar-refractivity contribution in [3.8, 4) is 17.2 Å². The zero-order valence-corrected chi connectivity index (χ0v) is 10.4. The molecule has 0 aliphatic carbocycles. The van der Waals surface area contributed by atoms with Gasteiger partial charge in [0.1, 0.15) is 0 Å². The Morgan fingerprint density at radius 3 is 2.67 bits per heavy atom. The summed E-state index contributed by atoms with van der Waals surface area (Å²) in [6, 6.07) is 7.87. The molecule has 18 heavy (non-hydrogen) atoms. The molecule has 0 saturated carbocycles. The van der Waals surface area contributed by atoms with Gasteiger partial charge in [0.05, 0.1) is 6.61 Å². The number of nitrogens with zero attached hydrogens (tertiary/aromatic N) is 1. The van der Waals surface area contributed by atoms with E-state index in [1.54, 1.807) is 0 Å². The van der Waals surface area contributed by atoms with Gasteiger partial charge < -0.3 is 19.1 Å². The fourth-order valence-corrected chi connectivity index (χ4v) is 2.41. The van der Waals surface area contributed by atoms with Crippen molar-refractivity contribution in [1.29, 1.82) is 0 Å². The highest BCUT2D eigenvalue weighted by molar-refractivity contribution is 5.52. The van der Waals surface area contributed by atoms with Crippen molar-refractivity contribution < 1.29 is 14.6 Å². The normalized spacial score (nSPS) is 13.1. The molecule has 1 N–H and O–H groups in total. The summed E-state index contributed by atoms with van der Waals surface area (Å²) in [4.78, 5) is 0. The first-order valence-corrected chi connectivity index (χ1v) is 5.89. The van der Waals surface area contributed by atoms with Gasteiger partial charge in [-0.25, -0.2) is 0 Å². The van der Waals surface area contributed by atoms with Crippen molar-refractivity contribution in [2.75, 3.05) is 6.79 Å². The number of aryl methyl sites for hydroxylation is 1. The molecular formula is C14H15NO3. The number of hydrogen-bond donors (Lipinski definition) is 1. The Kier molecular flexibility index (Phi) is 2.52. The number of benzene rings is 1. The van der Waals surface area contributed by atoms with Gasteiger partial charge in [-0.3, -0.25) is 0 Å². The summed E-state index contributed by atoms with van der Waals surface area (Å²) >= 11 is 0. The van der Waals surface area contributed by atoms with Crippen molar-refractivity contribution in [3.63, 3.8) is 0 Å². The molecule has 0 bridgehead atoms. The summed E-state index contributed by atoms with van der Waals surface area (Å²) in [7, 11) is 0. The van der Waals surface area contributed by atoms with Crippen molar-refractivity contribution in [2.24, 2.45) is 0 Å². The molecule has 0 amide bonds. The quantitative estimate of drug-likeness (QED) is 0.883. The highest BCUT2D eigenvalue weighted by atomic mass is 16.7. The van der Waals surface area contributed by atoms with Crippen molar-refractivity contribution in [3.05, 3.63) is 41.2 Å². The molecule has 0 spiro atoms. The van der Waals surface area contributed by atoms with E-state index >= 15 is 0 Å². The molecule has 2 aromatic rings. The summed E-state index contributed by atoms with van der Waals surface area (Å²) < 4.78 is 12.8. The van der Waals surface area contributed by atoms with E-state index in [1.165, 1.54) is 0 Å². The van der Waals surface area contributed by atoms with Gasteiger partial charge in [0.15, 0.2) is 11.5 Å². The average Bonchev–Trinajstić information content (AvgIpc) is 2.93. The minimum atomic E-state index is 0.0597. The number of ether oxygens (including phenoxy) is 2. The van der Waals surface area contributed by atoms with Gasteiger partial charge in [0.2, 0.25) is 6.79 Å². The van der Waals surface area contributed by atoms with Gasteiger partial charge >= 0.3 is 0 Å². The fraction of sp³-hybridized carbons (Fsp3) is 0.286. The highest BCUT2D eigenvalue weighted by Crippen LogP contribution is 2.34. The molecule has 1 aliphatic heterocycles. The van der Waals surface area contributed by atoms with Crippen LogP contribution in [0, 0.1) is 13.8 Å². The van der Waals surface area contributed by atoms with E-state index in [9.17, 15) is 5.11 Å². The smallest absolute Gasteiger partial charge is 0.231 e. The monoisotopic (exact) mass is 245 g/mol. The minimum Gasteiger partial charge on any atom is -0.454 e. The van der Waals surface area contributed by atoms with Crippen LogP contribution in [0.3, 0.4) is 0 Å². The predicted octanol–water partition coefficient (Wildman–Crippen LogP) is 2.32. The predicted molar refractivity (Wildman–Crippen MR) is 67.3 cm³/mol. The Balaban J connectivity index is 2.12. The molecule has 0 radical (unpaired) electrons. The van der Waals surface area contributed by atoms with Crippen LogP contribution >= 0.6 is 0 Å². The molecule has 1 aliphatic rings. The maximum Gasteiger partial charge on any atom is 0.231 e. The van der Waals surface area contributed by atoms with Crippen molar-refractivity contribution in [1.82, 2.24) is 4.57 Å². The van der Waals surface area contributed by atoms with E-state index in [1.807, 2.05) is 38.1 Å². The SMILES string of the molecule is Cc1cc(CO)c(C)n1-c1ccc2c(c1)OCO2. The summed E-state index contributed by atoms with van der Waals surface area (Å²) in [5.41, 5.74) is 4.11. The Morgan fingerprint density at radius 2 is 1.94 bits per heavy atom. The molecule has 1 aromatic carbocycles. The number of rotatable bonds is 2. The minimum absolute atomic E-state index is 0.0597. The van der Waals surface area contributed by atoms with E-state index in [0.29, 0.717) is 0 Å². The lowest BCUT2D eigenvalue weighted by molar-refractivity contribution is 0.174. The standard InChI is InChI=1S/C14H15NO3/c1-9-5-11(7-16)10(2)15(9)12-3-4-13-14(6-12)18-8-17-13/h3-6,16H,7-8H2,1-2H3. The number of fused-ring (bicyclic) bond motifs is 1. The second kappa shape index (κ2) is 4.07. The number of aliphatic hydroxyl groups is 1. The van der Waals surface area contributed by atoms with Gasteiger partial charge in [0.25, 0.3) is 0 Å². The molecule has 2 heterocycles. The van der Waals surface area contributed by atoms with Gasteiger partial charge in [-0.1, -0.05) is 0 Å². The average molecular weight is 245 g/mol. The van der Waals surface area contributed by atoms with Crippen molar-refractivity contribution >= 4 is 0 Å². The third-order valence-corrected chi connectivity index (χ3v) is 3.32. The van der Waals surface area contributed by atoms with Crippen LogP contribution in [-0.4, -0.2) is 16.5 Å². The lowest BCUT2D eigenvalue weighted by Crippen LogP contribution is -1.99. The topological polar surface area (TPSA) is 43.6 Å². The van der Waals surface area contributed by atoms with Crippen LogP contribution in [0.5, 0.6) is 11.5 Å². The third-order valence-electron chi connectivity index (χ3n) is 3.32. The van der Waals surface area contributed by atoms with E-state index in [0.717, 1.165) is 34.1 Å². The first-order valence-electron chi connectivity index (χ1n) is 5.89. The van der Waals surface area contributed by atoms with Crippen LogP contribution in [0.1, 0.15) is 17.0 Å². The lowest BCUT2D eigenvalue weighted by Gasteiger charge is -2.10. The highest BCUT2D eigenvalue weighted by Gasteiger charge is 2.16. The van der Waals surface area contributed by atoms with Crippen molar-refractivity contribution in [2.45, 2.75) is 20.5 Å². The van der Waals surface area contributed by atoms with Crippen LogP contribution in [0.15, 0.2) is 24.3 Å². The van der Waals surface area contributed by atoms with Gasteiger partial charge in [-0.2, -0.15) is 0 Å². The third kappa shape index (κ3) is 1.57. The largest absolute Gasteiger partial charge is 0.454 e. The maximum absolute atomic E-state index is 9.30. The zero-order chi connectivity index (χ0) is 12.7. The second-order valence-electron chi connectivity index (χ2n) is 4.43. The molecule has 0 fully saturated rings. The van der Waals surface area contributed by atoms with Crippen LogP contribution in [-0.2, 0) is 6.61 Å². The second-order valence-corrected chi connectivity index (χ2v) is 4.43. The van der Waals surface area contributed by atoms with E-state index < -0.39 is 0 Å². The first-order chi connectivity index (χ1) is 8.70. The van der Waals surface area contributed by atoms with Gasteiger partial charge in [-0.05, 0) is 37.6 Å². The van der Waals surface area contributed by atoms with Crippen LogP contribution < -0.4 is 9.47 Å². The Labute approximate surface area is 105 Å². The maximum atomic E-state index is 9.30. The molecule has 1 aromatic heterocycles. The number of aromatic nitrogens is 1. The molecular weight excluding hydrogens is 230 g/mol. The molecule has 94 valence electrons. The van der Waals surface area contributed by atoms with Crippen LogP contribution in [0.2, 0.25) is 0 Å². The summed E-state index contributed by atoms with van der Waals surface area (Å²) in [6.07, 6.45) is 0. The molecule has 0 saturated heterocycles. The Bertz CT molecular complexity index is 601. The number of hydrogen-bond acceptors (Lipinski definition) is 3. The molecule has 4 nitrogen and oxygen atoms in total. The van der Waals surface area contributed by atoms with Crippen LogP contribution in [0.25, 0.3) is 5.69 Å². The van der Waals surface area contributed by atoms with Crippen LogP contribution in [0.4, 0.5) is 0 Å². The fourth-order valence-electron chi connectivity index (χ4n) is 2.41. The molecule has 0 unspecified atom stereocenters. The lowest BCUT2D eigenvalue weighted by atomic mass is 10.2. The van der Waals surface area contributed by atoms with Gasteiger partial charge in [-0.15, -0.1) is 0 Å². The number of aliphatic hydroxyl groups excluding tert-OH is 1. The summed E-state index contributed by atoms with van der Waals surface area (Å²) in [6.45, 7) is 4.37. The van der Waals surface area contributed by atoms with E-state index in [2.05, 4.69) is 4.57 Å². The Morgan fingerprint density at radius 1 is 1.17 bits per heavy atom. The summed E-state index contributed by atoms with van der Waals surface area (Å²) in [5, 5.41) is 9.30. The Hall–Kier alpha value is -1.94. The van der Waals surface area contributed by atoms with E-state index in [-0.39, 0.29) is 13.4 Å². The zero-order valence-electron chi connectivity index (χ0n) is 10.4. The van der Waals surface area contributed by atoms with E-state index in [4.69, 9.17) is 9.47 Å². The summed E-state index contributed by atoms with van der Waals surface area (Å²) in [5.74, 6) is 1.55. The van der Waals surface area contributed by atoms with Gasteiger partial charge in [0, 0.05) is 23.1 Å².